The molecule has 5 atom stereocenters. The molecule has 90 heavy (non-hydrogen) atoms. The summed E-state index contributed by atoms with van der Waals surface area (Å²) in [6.07, 6.45) is 48.4. The molecular weight excluding hydrogens is 1190 g/mol. The Morgan fingerprint density at radius 2 is 0.511 bits per heavy atom. The van der Waals surface area contributed by atoms with Crippen LogP contribution in [0.4, 0.5) is 0 Å². The minimum atomic E-state index is -4.95. The number of rotatable bonds is 70. The maximum atomic E-state index is 13.0. The molecule has 0 aromatic rings. The highest BCUT2D eigenvalue weighted by molar-refractivity contribution is 7.47. The minimum absolute atomic E-state index is 0.107. The van der Waals surface area contributed by atoms with E-state index in [1.807, 2.05) is 0 Å². The molecule has 0 saturated carbocycles. The lowest BCUT2D eigenvalue weighted by Crippen LogP contribution is -2.30. The Morgan fingerprint density at radius 3 is 0.756 bits per heavy atom. The van der Waals surface area contributed by atoms with Crippen LogP contribution in [0.1, 0.15) is 363 Å². The van der Waals surface area contributed by atoms with Crippen molar-refractivity contribution in [2.75, 3.05) is 39.6 Å². The van der Waals surface area contributed by atoms with Gasteiger partial charge in [0, 0.05) is 25.7 Å². The quantitative estimate of drug-likeness (QED) is 0.0222. The van der Waals surface area contributed by atoms with Gasteiger partial charge in [0.25, 0.3) is 0 Å². The number of hydrogen-bond donors (Lipinski definition) is 3. The second-order valence-corrected chi connectivity index (χ2v) is 29.5. The minimum Gasteiger partial charge on any atom is -0.462 e. The lowest BCUT2D eigenvalue weighted by atomic mass is 10.0. The topological polar surface area (TPSA) is 237 Å². The lowest BCUT2D eigenvalue weighted by molar-refractivity contribution is -0.161. The Balaban J connectivity index is 5.23. The number of esters is 4. The van der Waals surface area contributed by atoms with E-state index in [1.54, 1.807) is 0 Å². The van der Waals surface area contributed by atoms with Crippen molar-refractivity contribution >= 4 is 39.5 Å². The third-order valence-corrected chi connectivity index (χ3v) is 18.4. The van der Waals surface area contributed by atoms with E-state index in [9.17, 15) is 43.2 Å². The number of carbonyl (C=O) groups excluding carboxylic acids is 4. The predicted octanol–water partition coefficient (Wildman–Crippen LogP) is 20.4. The largest absolute Gasteiger partial charge is 0.472 e. The maximum absolute atomic E-state index is 13.0. The van der Waals surface area contributed by atoms with Crippen LogP contribution in [0, 0.1) is 11.8 Å². The Hall–Kier alpha value is -1.94. The SMILES string of the molecule is CCCCCCCCCCCCCC(=O)O[C@H](COC(=O)CCCCCCCCCCC)COP(=O)(O)OC[C@H](O)COP(=O)(O)OC[C@@H](COC(=O)CCCCCCCCCCCCCCC(C)C)OC(=O)CCCCCCCCCCCCCCC(C)C. The molecule has 17 nitrogen and oxygen atoms in total. The van der Waals surface area contributed by atoms with Crippen LogP contribution < -0.4 is 0 Å². The molecule has 0 aliphatic carbocycles. The summed E-state index contributed by atoms with van der Waals surface area (Å²) < 4.78 is 68.3. The van der Waals surface area contributed by atoms with E-state index in [0.717, 1.165) is 102 Å². The van der Waals surface area contributed by atoms with Crippen molar-refractivity contribution < 1.29 is 80.2 Å². The van der Waals surface area contributed by atoms with E-state index in [1.165, 1.54) is 180 Å². The zero-order valence-corrected chi connectivity index (χ0v) is 60.2. The molecule has 0 aromatic heterocycles. The van der Waals surface area contributed by atoms with E-state index >= 15 is 0 Å². The van der Waals surface area contributed by atoms with Gasteiger partial charge in [0.2, 0.25) is 0 Å². The van der Waals surface area contributed by atoms with Crippen LogP contribution in [0.5, 0.6) is 0 Å². The molecule has 0 aromatic carbocycles. The highest BCUT2D eigenvalue weighted by Gasteiger charge is 2.30. The van der Waals surface area contributed by atoms with Crippen LogP contribution in [-0.2, 0) is 65.4 Å². The van der Waals surface area contributed by atoms with Crippen LogP contribution in [-0.4, -0.2) is 96.7 Å². The number of ether oxygens (including phenoxy) is 4. The second-order valence-electron chi connectivity index (χ2n) is 26.6. The predicted molar refractivity (Wildman–Crippen MR) is 363 cm³/mol. The summed E-state index contributed by atoms with van der Waals surface area (Å²) in [6.45, 7) is 9.56. The molecule has 0 amide bonds. The first-order valence-electron chi connectivity index (χ1n) is 37.0. The van der Waals surface area contributed by atoms with Gasteiger partial charge in [0.15, 0.2) is 12.2 Å². The maximum Gasteiger partial charge on any atom is 0.472 e. The van der Waals surface area contributed by atoms with Gasteiger partial charge >= 0.3 is 39.5 Å². The molecule has 0 spiro atoms. The summed E-state index contributed by atoms with van der Waals surface area (Å²) in [5.41, 5.74) is 0. The molecule has 534 valence electrons. The van der Waals surface area contributed by atoms with Gasteiger partial charge in [-0.2, -0.15) is 0 Å². The summed E-state index contributed by atoms with van der Waals surface area (Å²) in [5, 5.41) is 10.6. The van der Waals surface area contributed by atoms with Gasteiger partial charge in [0.05, 0.1) is 26.4 Å². The van der Waals surface area contributed by atoms with Gasteiger partial charge < -0.3 is 33.8 Å². The average molecular weight is 1330 g/mol. The van der Waals surface area contributed by atoms with Crippen molar-refractivity contribution in [1.82, 2.24) is 0 Å². The van der Waals surface area contributed by atoms with Crippen molar-refractivity contribution in [3.8, 4) is 0 Å². The fourth-order valence-corrected chi connectivity index (χ4v) is 12.3. The van der Waals surface area contributed by atoms with Gasteiger partial charge in [-0.15, -0.1) is 0 Å². The zero-order chi connectivity index (χ0) is 66.5. The summed E-state index contributed by atoms with van der Waals surface area (Å²) in [6, 6.07) is 0. The van der Waals surface area contributed by atoms with E-state index in [0.29, 0.717) is 25.7 Å². The second kappa shape index (κ2) is 63.1. The van der Waals surface area contributed by atoms with Crippen molar-refractivity contribution in [1.29, 1.82) is 0 Å². The van der Waals surface area contributed by atoms with Crippen LogP contribution >= 0.6 is 15.6 Å². The molecule has 0 radical (unpaired) electrons. The summed E-state index contributed by atoms with van der Waals surface area (Å²) in [4.78, 5) is 72.5. The van der Waals surface area contributed by atoms with Crippen LogP contribution in [0.3, 0.4) is 0 Å². The molecule has 0 rings (SSSR count). The van der Waals surface area contributed by atoms with E-state index in [2.05, 4.69) is 41.5 Å². The molecule has 0 heterocycles. The van der Waals surface area contributed by atoms with E-state index < -0.39 is 97.5 Å². The molecular formula is C71H138O17P2. The first kappa shape index (κ1) is 88.1. The van der Waals surface area contributed by atoms with Crippen molar-refractivity contribution in [2.45, 2.75) is 381 Å². The number of hydrogen-bond acceptors (Lipinski definition) is 15. The number of phosphoric ester groups is 2. The molecule has 0 aliphatic rings. The molecule has 0 bridgehead atoms. The number of aliphatic hydroxyl groups excluding tert-OH is 1. The number of unbranched alkanes of at least 4 members (excludes halogenated alkanes) is 40. The fraction of sp³-hybridized carbons (Fsp3) is 0.944. The molecule has 3 N–H and O–H groups in total. The first-order valence-corrected chi connectivity index (χ1v) is 40.0. The smallest absolute Gasteiger partial charge is 0.462 e. The van der Waals surface area contributed by atoms with E-state index in [-0.39, 0.29) is 25.7 Å². The van der Waals surface area contributed by atoms with Crippen LogP contribution in [0.2, 0.25) is 0 Å². The van der Waals surface area contributed by atoms with Crippen LogP contribution in [0.25, 0.3) is 0 Å². The van der Waals surface area contributed by atoms with Crippen molar-refractivity contribution in [3.63, 3.8) is 0 Å². The Labute approximate surface area is 549 Å². The van der Waals surface area contributed by atoms with Crippen LogP contribution in [0.15, 0.2) is 0 Å². The van der Waals surface area contributed by atoms with Gasteiger partial charge in [-0.1, -0.05) is 311 Å². The molecule has 2 unspecified atom stereocenters. The highest BCUT2D eigenvalue weighted by Crippen LogP contribution is 2.45. The standard InChI is InChI=1S/C71H138O17P2/c1-7-9-11-13-15-17-22-31-37-43-49-55-70(75)87-66(59-81-68(73)53-47-41-35-27-16-14-12-10-8-2)61-85-89(77,78)83-57-65(72)58-84-90(79,80)86-62-67(88-71(76)56-50-44-38-32-26-21-19-24-29-34-40-46-52-64(5)6)60-82-69(74)54-48-42-36-30-25-20-18-23-28-33-39-45-51-63(3)4/h63-67,72H,7-62H2,1-6H3,(H,77,78)(H,79,80)/t65-,66+,67+/m0/s1. The van der Waals surface area contributed by atoms with Gasteiger partial charge in [-0.05, 0) is 37.5 Å². The van der Waals surface area contributed by atoms with Crippen molar-refractivity contribution in [2.24, 2.45) is 11.8 Å². The lowest BCUT2D eigenvalue weighted by Gasteiger charge is -2.21. The third kappa shape index (κ3) is 64.8. The van der Waals surface area contributed by atoms with Gasteiger partial charge in [-0.25, -0.2) is 9.13 Å². The normalized spacial score (nSPS) is 14.1. The Bertz CT molecular complexity index is 1750. The molecule has 0 fully saturated rings. The number of phosphoric acid groups is 2. The first-order chi connectivity index (χ1) is 43.4. The zero-order valence-electron chi connectivity index (χ0n) is 58.4. The highest BCUT2D eigenvalue weighted by atomic mass is 31.2. The molecule has 19 heteroatoms. The number of carbonyl (C=O) groups is 4. The summed E-state index contributed by atoms with van der Waals surface area (Å²) >= 11 is 0. The average Bonchev–Trinajstić information content (AvgIpc) is 3.67. The van der Waals surface area contributed by atoms with Crippen molar-refractivity contribution in [3.05, 3.63) is 0 Å². The van der Waals surface area contributed by atoms with Gasteiger partial charge in [0.1, 0.15) is 19.3 Å². The monoisotopic (exact) mass is 1320 g/mol. The Morgan fingerprint density at radius 1 is 0.300 bits per heavy atom. The summed E-state index contributed by atoms with van der Waals surface area (Å²) in [5.74, 6) is -0.564. The summed E-state index contributed by atoms with van der Waals surface area (Å²) in [7, 11) is -9.90. The third-order valence-electron chi connectivity index (χ3n) is 16.5. The van der Waals surface area contributed by atoms with Gasteiger partial charge in [-0.3, -0.25) is 37.3 Å². The Kier molecular flexibility index (Phi) is 61.8. The van der Waals surface area contributed by atoms with E-state index in [4.69, 9.17) is 37.0 Å². The fourth-order valence-electron chi connectivity index (χ4n) is 10.8. The molecule has 0 aliphatic heterocycles. The molecule has 0 saturated heterocycles. The number of aliphatic hydroxyl groups is 1.